The maximum absolute atomic E-state index is 12.4. The van der Waals surface area contributed by atoms with Crippen molar-refractivity contribution in [1.82, 2.24) is 25.7 Å². The lowest BCUT2D eigenvalue weighted by atomic mass is 9.92. The predicted octanol–water partition coefficient (Wildman–Crippen LogP) is 0.288. The Balaban J connectivity index is 2.29. The van der Waals surface area contributed by atoms with E-state index in [0.717, 1.165) is 5.56 Å². The van der Waals surface area contributed by atoms with E-state index in [2.05, 4.69) is 21.0 Å². The Morgan fingerprint density at radius 3 is 2.52 bits per heavy atom. The van der Waals surface area contributed by atoms with Crippen LogP contribution in [0.3, 0.4) is 0 Å². The Labute approximate surface area is 133 Å². The second-order valence-electron chi connectivity index (χ2n) is 6.47. The first-order chi connectivity index (χ1) is 10.5. The van der Waals surface area contributed by atoms with Crippen molar-refractivity contribution < 1.29 is 19.1 Å². The van der Waals surface area contributed by atoms with E-state index in [9.17, 15) is 14.4 Å². The molecule has 1 unspecified atom stereocenters. The van der Waals surface area contributed by atoms with Crippen molar-refractivity contribution in [3.63, 3.8) is 0 Å². The molecule has 23 heavy (non-hydrogen) atoms. The van der Waals surface area contributed by atoms with Gasteiger partial charge in [0.05, 0.1) is 18.4 Å². The second kappa shape index (κ2) is 5.56. The highest BCUT2D eigenvalue weighted by atomic mass is 16.6. The summed E-state index contributed by atoms with van der Waals surface area (Å²) in [6.45, 7) is 6.82. The van der Waals surface area contributed by atoms with Crippen LogP contribution < -0.4 is 16.0 Å². The summed E-state index contributed by atoms with van der Waals surface area (Å²) in [4.78, 5) is 35.9. The standard InChI is InChI=1S/C14H21N5O4/c1-8-6-16-19(5)9(8)14(10(20)17-11(21)18-14)7-15-12(22)23-13(2,3)4/h6H,7H2,1-5H3,(H,15,22)(H2,17,18,20,21). The minimum absolute atomic E-state index is 0.153. The van der Waals surface area contributed by atoms with E-state index in [1.165, 1.54) is 4.68 Å². The molecule has 1 aliphatic heterocycles. The lowest BCUT2D eigenvalue weighted by molar-refractivity contribution is -0.124. The first-order valence-electron chi connectivity index (χ1n) is 7.15. The van der Waals surface area contributed by atoms with E-state index in [0.29, 0.717) is 5.69 Å². The molecule has 0 bridgehead atoms. The van der Waals surface area contributed by atoms with Crippen molar-refractivity contribution in [2.75, 3.05) is 6.54 Å². The van der Waals surface area contributed by atoms with Gasteiger partial charge in [-0.1, -0.05) is 0 Å². The van der Waals surface area contributed by atoms with Crippen LogP contribution in [0.15, 0.2) is 6.20 Å². The molecule has 0 aromatic carbocycles. The van der Waals surface area contributed by atoms with Crippen molar-refractivity contribution in [3.8, 4) is 0 Å². The van der Waals surface area contributed by atoms with Gasteiger partial charge in [-0.25, -0.2) is 9.59 Å². The van der Waals surface area contributed by atoms with Gasteiger partial charge in [-0.2, -0.15) is 5.10 Å². The molecular weight excluding hydrogens is 302 g/mol. The van der Waals surface area contributed by atoms with Gasteiger partial charge in [-0.15, -0.1) is 0 Å². The van der Waals surface area contributed by atoms with Gasteiger partial charge in [0.2, 0.25) is 0 Å². The molecule has 0 aliphatic carbocycles. The Hall–Kier alpha value is -2.58. The maximum atomic E-state index is 12.4. The Morgan fingerprint density at radius 1 is 1.43 bits per heavy atom. The zero-order chi connectivity index (χ0) is 17.4. The van der Waals surface area contributed by atoms with Crippen molar-refractivity contribution >= 4 is 18.0 Å². The van der Waals surface area contributed by atoms with E-state index in [4.69, 9.17) is 4.74 Å². The second-order valence-corrected chi connectivity index (χ2v) is 6.47. The number of nitrogens with one attached hydrogen (secondary N) is 3. The summed E-state index contributed by atoms with van der Waals surface area (Å²) in [6.07, 6.45) is 0.910. The summed E-state index contributed by atoms with van der Waals surface area (Å²) in [5.41, 5.74) is -0.878. The number of urea groups is 1. The third-order valence-electron chi connectivity index (χ3n) is 3.36. The van der Waals surface area contributed by atoms with Gasteiger partial charge in [-0.05, 0) is 33.3 Å². The van der Waals surface area contributed by atoms with Gasteiger partial charge in [0.15, 0.2) is 5.54 Å². The van der Waals surface area contributed by atoms with E-state index in [1.54, 1.807) is 40.9 Å². The highest BCUT2D eigenvalue weighted by Gasteiger charge is 2.51. The molecule has 1 saturated heterocycles. The van der Waals surface area contributed by atoms with Crippen LogP contribution in [0.5, 0.6) is 0 Å². The third-order valence-corrected chi connectivity index (χ3v) is 3.36. The van der Waals surface area contributed by atoms with E-state index in [-0.39, 0.29) is 6.54 Å². The van der Waals surface area contributed by atoms with Crippen LogP contribution >= 0.6 is 0 Å². The van der Waals surface area contributed by atoms with Crippen LogP contribution in [-0.4, -0.2) is 40.0 Å². The smallest absolute Gasteiger partial charge is 0.407 e. The quantitative estimate of drug-likeness (QED) is 0.692. The zero-order valence-electron chi connectivity index (χ0n) is 13.8. The molecular formula is C14H21N5O4. The van der Waals surface area contributed by atoms with E-state index < -0.39 is 29.2 Å². The lowest BCUT2D eigenvalue weighted by Crippen LogP contribution is -2.54. The van der Waals surface area contributed by atoms with Gasteiger partial charge < -0.3 is 15.4 Å². The maximum Gasteiger partial charge on any atom is 0.407 e. The number of carbonyl (C=O) groups is 3. The first-order valence-corrected chi connectivity index (χ1v) is 7.15. The molecule has 2 heterocycles. The number of imide groups is 1. The van der Waals surface area contributed by atoms with Crippen LogP contribution in [-0.2, 0) is 22.1 Å². The summed E-state index contributed by atoms with van der Waals surface area (Å²) in [5, 5.41) is 11.4. The SMILES string of the molecule is Cc1cnn(C)c1C1(CNC(=O)OC(C)(C)C)NC(=O)NC1=O. The van der Waals surface area contributed by atoms with E-state index in [1.807, 2.05) is 0 Å². The summed E-state index contributed by atoms with van der Waals surface area (Å²) in [6, 6.07) is -0.624. The molecule has 3 N–H and O–H groups in total. The number of aryl methyl sites for hydroxylation is 2. The van der Waals surface area contributed by atoms with Crippen molar-refractivity contribution in [3.05, 3.63) is 17.5 Å². The summed E-state index contributed by atoms with van der Waals surface area (Å²) < 4.78 is 6.66. The molecule has 0 radical (unpaired) electrons. The third kappa shape index (κ3) is 3.27. The number of aromatic nitrogens is 2. The molecule has 1 aromatic rings. The summed E-state index contributed by atoms with van der Waals surface area (Å²) >= 11 is 0. The van der Waals surface area contributed by atoms with Gasteiger partial charge in [-0.3, -0.25) is 14.8 Å². The molecule has 1 atom stereocenters. The highest BCUT2D eigenvalue weighted by Crippen LogP contribution is 2.27. The number of rotatable bonds is 3. The molecule has 126 valence electrons. The topological polar surface area (TPSA) is 114 Å². The molecule has 1 fully saturated rings. The highest BCUT2D eigenvalue weighted by molar-refractivity contribution is 6.07. The van der Waals surface area contributed by atoms with E-state index >= 15 is 0 Å². The fourth-order valence-electron chi connectivity index (χ4n) is 2.55. The predicted molar refractivity (Wildman–Crippen MR) is 80.5 cm³/mol. The number of ether oxygens (including phenoxy) is 1. The Morgan fingerprint density at radius 2 is 2.09 bits per heavy atom. The summed E-state index contributed by atoms with van der Waals surface area (Å²) in [7, 11) is 1.66. The number of hydrogen-bond acceptors (Lipinski definition) is 5. The largest absolute Gasteiger partial charge is 0.444 e. The van der Waals surface area contributed by atoms with Crippen LogP contribution in [0.1, 0.15) is 32.0 Å². The molecule has 9 heteroatoms. The molecule has 9 nitrogen and oxygen atoms in total. The number of carbonyl (C=O) groups excluding carboxylic acids is 3. The van der Waals surface area contributed by atoms with Gasteiger partial charge >= 0.3 is 12.1 Å². The number of nitrogens with zero attached hydrogens (tertiary/aromatic N) is 2. The fraction of sp³-hybridized carbons (Fsp3) is 0.571. The molecule has 1 aromatic heterocycles. The fourth-order valence-corrected chi connectivity index (χ4v) is 2.55. The minimum Gasteiger partial charge on any atom is -0.444 e. The molecule has 1 aliphatic rings. The number of amides is 4. The number of alkyl carbamates (subject to hydrolysis) is 1. The van der Waals surface area contributed by atoms with Crippen molar-refractivity contribution in [2.45, 2.75) is 38.8 Å². The Kier molecular flexibility index (Phi) is 4.06. The van der Waals surface area contributed by atoms with Crippen molar-refractivity contribution in [1.29, 1.82) is 0 Å². The number of hydrogen-bond donors (Lipinski definition) is 3. The molecule has 2 rings (SSSR count). The van der Waals surface area contributed by atoms with Crippen LogP contribution in [0, 0.1) is 6.92 Å². The van der Waals surface area contributed by atoms with Crippen molar-refractivity contribution in [2.24, 2.45) is 7.05 Å². The first kappa shape index (κ1) is 16.8. The van der Waals surface area contributed by atoms with Gasteiger partial charge in [0.25, 0.3) is 5.91 Å². The average Bonchev–Trinajstić information content (AvgIpc) is 2.86. The Bertz CT molecular complexity index is 641. The van der Waals surface area contributed by atoms with Crippen LogP contribution in [0.2, 0.25) is 0 Å². The summed E-state index contributed by atoms with van der Waals surface area (Å²) in [5.74, 6) is -0.551. The average molecular weight is 323 g/mol. The van der Waals surface area contributed by atoms with Crippen LogP contribution in [0.25, 0.3) is 0 Å². The molecule has 0 saturated carbocycles. The molecule has 0 spiro atoms. The monoisotopic (exact) mass is 323 g/mol. The van der Waals surface area contributed by atoms with Gasteiger partial charge in [0, 0.05) is 7.05 Å². The lowest BCUT2D eigenvalue weighted by Gasteiger charge is -2.28. The normalized spacial score (nSPS) is 20.9. The molecule has 4 amide bonds. The zero-order valence-corrected chi connectivity index (χ0v) is 13.8. The van der Waals surface area contributed by atoms with Gasteiger partial charge in [0.1, 0.15) is 5.60 Å². The minimum atomic E-state index is -1.43. The van der Waals surface area contributed by atoms with Crippen LogP contribution in [0.4, 0.5) is 9.59 Å².